The van der Waals surface area contributed by atoms with Crippen LogP contribution in [-0.2, 0) is 9.59 Å². The molecule has 1 amide bonds. The Bertz CT molecular complexity index is 482. The van der Waals surface area contributed by atoms with Gasteiger partial charge in [0.15, 0.2) is 0 Å². The Morgan fingerprint density at radius 2 is 2.11 bits per heavy atom. The van der Waals surface area contributed by atoms with Crippen LogP contribution >= 0.6 is 43.6 Å². The van der Waals surface area contributed by atoms with Crippen LogP contribution in [0.15, 0.2) is 27.1 Å². The van der Waals surface area contributed by atoms with Gasteiger partial charge >= 0.3 is 5.97 Å². The summed E-state index contributed by atoms with van der Waals surface area (Å²) < 4.78 is 1.71. The van der Waals surface area contributed by atoms with Gasteiger partial charge in [-0.25, -0.2) is 0 Å². The number of nitrogens with one attached hydrogen (secondary N) is 1. The molecule has 1 rings (SSSR count). The average Bonchev–Trinajstić information content (AvgIpc) is 2.29. The predicted octanol–water partition coefficient (Wildman–Crippen LogP) is 3.75. The molecule has 104 valence electrons. The van der Waals surface area contributed by atoms with Crippen LogP contribution in [-0.4, -0.2) is 28.0 Å². The van der Waals surface area contributed by atoms with Crippen molar-refractivity contribution in [2.45, 2.75) is 18.6 Å². The molecule has 1 unspecified atom stereocenters. The van der Waals surface area contributed by atoms with Gasteiger partial charge in [0.1, 0.15) is 0 Å². The lowest BCUT2D eigenvalue weighted by Crippen LogP contribution is -2.17. The van der Waals surface area contributed by atoms with Gasteiger partial charge in [0, 0.05) is 14.2 Å². The van der Waals surface area contributed by atoms with E-state index in [1.807, 2.05) is 12.1 Å². The van der Waals surface area contributed by atoms with Gasteiger partial charge in [-0.1, -0.05) is 22.9 Å². The van der Waals surface area contributed by atoms with E-state index in [2.05, 4.69) is 37.2 Å². The Morgan fingerprint density at radius 1 is 1.42 bits per heavy atom. The topological polar surface area (TPSA) is 66.4 Å². The van der Waals surface area contributed by atoms with Gasteiger partial charge in [-0.3, -0.25) is 9.59 Å². The number of carbonyl (C=O) groups is 2. The molecule has 7 heteroatoms. The van der Waals surface area contributed by atoms with Crippen molar-refractivity contribution in [2.24, 2.45) is 0 Å². The maximum atomic E-state index is 11.7. The van der Waals surface area contributed by atoms with Gasteiger partial charge in [-0.15, -0.1) is 11.8 Å². The summed E-state index contributed by atoms with van der Waals surface area (Å²) in [7, 11) is 0. The molecule has 19 heavy (non-hydrogen) atoms. The molecular weight excluding hydrogens is 398 g/mol. The lowest BCUT2D eigenvalue weighted by Gasteiger charge is -2.10. The molecule has 1 aromatic carbocycles. The van der Waals surface area contributed by atoms with Crippen molar-refractivity contribution >= 4 is 61.2 Å². The summed E-state index contributed by atoms with van der Waals surface area (Å²) >= 11 is 8.02. The van der Waals surface area contributed by atoms with Crippen LogP contribution in [0.4, 0.5) is 5.69 Å². The van der Waals surface area contributed by atoms with Crippen LogP contribution in [0, 0.1) is 0 Å². The zero-order chi connectivity index (χ0) is 14.4. The summed E-state index contributed by atoms with van der Waals surface area (Å²) in [6.45, 7) is 1.79. The molecule has 2 N–H and O–H groups in total. The van der Waals surface area contributed by atoms with Crippen LogP contribution in [0.2, 0.25) is 0 Å². The smallest absolute Gasteiger partial charge is 0.304 e. The van der Waals surface area contributed by atoms with Gasteiger partial charge in [0.05, 0.1) is 17.9 Å². The third-order valence-electron chi connectivity index (χ3n) is 2.17. The first-order chi connectivity index (χ1) is 8.88. The van der Waals surface area contributed by atoms with Crippen molar-refractivity contribution in [3.05, 3.63) is 27.1 Å². The molecule has 0 radical (unpaired) electrons. The number of carbonyl (C=O) groups excluding carboxylic acids is 1. The Labute approximate surface area is 132 Å². The molecule has 0 saturated carbocycles. The Hall–Kier alpha value is -0.530. The molecule has 0 aliphatic carbocycles. The minimum absolute atomic E-state index is 0.0555. The first-order valence-corrected chi connectivity index (χ1v) is 8.10. The van der Waals surface area contributed by atoms with Gasteiger partial charge in [0.25, 0.3) is 0 Å². The molecule has 0 aromatic heterocycles. The normalized spacial score (nSPS) is 11.9. The standard InChI is InChI=1S/C12H13Br2NO3S/c1-7(4-12(17)18)19-6-11(16)15-10-3-2-8(13)5-9(10)14/h2-3,5,7H,4,6H2,1H3,(H,15,16)(H,17,18). The van der Waals surface area contributed by atoms with Crippen LogP contribution in [0.5, 0.6) is 0 Å². The monoisotopic (exact) mass is 409 g/mol. The Balaban J connectivity index is 2.45. The Morgan fingerprint density at radius 3 is 2.68 bits per heavy atom. The summed E-state index contributed by atoms with van der Waals surface area (Å²) in [5, 5.41) is 11.3. The molecule has 0 fully saturated rings. The number of carboxylic acid groups (broad SMARTS) is 1. The highest BCUT2D eigenvalue weighted by atomic mass is 79.9. The molecule has 4 nitrogen and oxygen atoms in total. The molecule has 0 bridgehead atoms. The highest BCUT2D eigenvalue weighted by Crippen LogP contribution is 2.26. The number of anilines is 1. The SMILES string of the molecule is CC(CC(=O)O)SCC(=O)Nc1ccc(Br)cc1Br. The summed E-state index contributed by atoms with van der Waals surface area (Å²) in [6, 6.07) is 5.47. The molecule has 1 atom stereocenters. The first-order valence-electron chi connectivity index (χ1n) is 5.46. The van der Waals surface area contributed by atoms with Crippen molar-refractivity contribution in [1.82, 2.24) is 0 Å². The molecule has 0 saturated heterocycles. The van der Waals surface area contributed by atoms with E-state index in [0.29, 0.717) is 5.69 Å². The van der Waals surface area contributed by atoms with Crippen LogP contribution < -0.4 is 5.32 Å². The number of hydrogen-bond acceptors (Lipinski definition) is 3. The number of rotatable bonds is 6. The Kier molecular flexibility index (Phi) is 6.88. The van der Waals surface area contributed by atoms with E-state index >= 15 is 0 Å². The van der Waals surface area contributed by atoms with Gasteiger partial charge in [-0.2, -0.15) is 0 Å². The van der Waals surface area contributed by atoms with Crippen LogP contribution in [0.1, 0.15) is 13.3 Å². The van der Waals surface area contributed by atoms with Crippen molar-refractivity contribution in [1.29, 1.82) is 0 Å². The molecular formula is C12H13Br2NO3S. The summed E-state index contributed by atoms with van der Waals surface area (Å²) in [4.78, 5) is 22.2. The fourth-order valence-corrected chi connectivity index (χ4v) is 3.21. The van der Waals surface area contributed by atoms with Crippen molar-refractivity contribution in [3.63, 3.8) is 0 Å². The van der Waals surface area contributed by atoms with Crippen LogP contribution in [0.3, 0.4) is 0 Å². The van der Waals surface area contributed by atoms with E-state index in [4.69, 9.17) is 5.11 Å². The highest BCUT2D eigenvalue weighted by Gasteiger charge is 2.11. The lowest BCUT2D eigenvalue weighted by molar-refractivity contribution is -0.136. The second-order valence-electron chi connectivity index (χ2n) is 3.89. The van der Waals surface area contributed by atoms with Gasteiger partial charge in [-0.05, 0) is 34.1 Å². The van der Waals surface area contributed by atoms with Gasteiger partial charge < -0.3 is 10.4 Å². The van der Waals surface area contributed by atoms with E-state index in [9.17, 15) is 9.59 Å². The van der Waals surface area contributed by atoms with Crippen molar-refractivity contribution < 1.29 is 14.7 Å². The second-order valence-corrected chi connectivity index (χ2v) is 7.09. The zero-order valence-electron chi connectivity index (χ0n) is 10.2. The average molecular weight is 411 g/mol. The fraction of sp³-hybridized carbons (Fsp3) is 0.333. The number of halogens is 2. The quantitative estimate of drug-likeness (QED) is 0.749. The summed E-state index contributed by atoms with van der Waals surface area (Å²) in [5.74, 6) is -0.766. The third kappa shape index (κ3) is 6.44. The van der Waals surface area contributed by atoms with Crippen molar-refractivity contribution in [3.8, 4) is 0 Å². The number of carboxylic acids is 1. The first kappa shape index (κ1) is 16.5. The fourth-order valence-electron chi connectivity index (χ4n) is 1.30. The van der Waals surface area contributed by atoms with E-state index in [0.717, 1.165) is 8.95 Å². The predicted molar refractivity (Wildman–Crippen MR) is 84.6 cm³/mol. The number of benzene rings is 1. The summed E-state index contributed by atoms with van der Waals surface area (Å²) in [6.07, 6.45) is 0.0555. The van der Waals surface area contributed by atoms with Crippen molar-refractivity contribution in [2.75, 3.05) is 11.1 Å². The maximum Gasteiger partial charge on any atom is 0.304 e. The number of amides is 1. The molecule has 0 heterocycles. The molecule has 1 aromatic rings. The van der Waals surface area contributed by atoms with Gasteiger partial charge in [0.2, 0.25) is 5.91 Å². The number of aliphatic carboxylic acids is 1. The largest absolute Gasteiger partial charge is 0.481 e. The molecule has 0 aliphatic rings. The maximum absolute atomic E-state index is 11.7. The minimum Gasteiger partial charge on any atom is -0.481 e. The van der Waals surface area contributed by atoms with E-state index in [-0.39, 0.29) is 23.3 Å². The van der Waals surface area contributed by atoms with Crippen LogP contribution in [0.25, 0.3) is 0 Å². The van der Waals surface area contributed by atoms with E-state index in [1.165, 1.54) is 11.8 Å². The summed E-state index contributed by atoms with van der Waals surface area (Å²) in [5.41, 5.74) is 0.694. The zero-order valence-corrected chi connectivity index (χ0v) is 14.1. The second kappa shape index (κ2) is 7.91. The molecule has 0 aliphatic heterocycles. The minimum atomic E-state index is -0.851. The number of thioether (sulfide) groups is 1. The van der Waals surface area contributed by atoms with E-state index in [1.54, 1.807) is 13.0 Å². The number of hydrogen-bond donors (Lipinski definition) is 2. The highest BCUT2D eigenvalue weighted by molar-refractivity contribution is 9.11. The third-order valence-corrected chi connectivity index (χ3v) is 4.48. The lowest BCUT2D eigenvalue weighted by atomic mass is 10.3. The molecule has 0 spiro atoms. The van der Waals surface area contributed by atoms with E-state index < -0.39 is 5.97 Å².